The molecule has 0 aliphatic heterocycles. The van der Waals surface area contributed by atoms with Crippen LogP contribution in [0.2, 0.25) is 0 Å². The third-order valence-corrected chi connectivity index (χ3v) is 6.14. The first-order valence-corrected chi connectivity index (χ1v) is 10.3. The van der Waals surface area contributed by atoms with E-state index in [9.17, 15) is 0 Å². The van der Waals surface area contributed by atoms with E-state index in [4.69, 9.17) is 4.74 Å². The number of aromatic nitrogens is 3. The quantitative estimate of drug-likeness (QED) is 0.300. The molecule has 0 saturated heterocycles. The van der Waals surface area contributed by atoms with Gasteiger partial charge in [-0.2, -0.15) is 0 Å². The van der Waals surface area contributed by atoms with E-state index < -0.39 is 0 Å². The first kappa shape index (κ1) is 18.6. The summed E-state index contributed by atoms with van der Waals surface area (Å²) < 4.78 is 7.44. The predicted octanol–water partition coefficient (Wildman–Crippen LogP) is 5.99. The second-order valence-electron chi connectivity index (χ2n) is 6.69. The maximum absolute atomic E-state index is 5.30. The third-order valence-electron chi connectivity index (χ3n) is 4.87. The molecule has 4 rings (SSSR count). The zero-order valence-corrected chi connectivity index (χ0v) is 17.1. The molecule has 0 amide bonds. The van der Waals surface area contributed by atoms with Gasteiger partial charge in [-0.15, -0.1) is 11.8 Å². The Hall–Kier alpha value is -2.79. The van der Waals surface area contributed by atoms with Crippen LogP contribution < -0.4 is 4.74 Å². The third kappa shape index (κ3) is 3.50. The van der Waals surface area contributed by atoms with Crippen LogP contribution in [0.5, 0.6) is 5.75 Å². The van der Waals surface area contributed by atoms with E-state index in [2.05, 4.69) is 71.0 Å². The van der Waals surface area contributed by atoms with Gasteiger partial charge in [0.25, 0.3) is 0 Å². The van der Waals surface area contributed by atoms with Crippen molar-refractivity contribution in [3.8, 4) is 22.6 Å². The van der Waals surface area contributed by atoms with Gasteiger partial charge in [0.2, 0.25) is 0 Å². The summed E-state index contributed by atoms with van der Waals surface area (Å²) in [5.74, 6) is 0.839. The molecule has 2 aromatic carbocycles. The minimum absolute atomic E-state index is 0.492. The average molecular weight is 390 g/mol. The van der Waals surface area contributed by atoms with Crippen molar-refractivity contribution in [2.24, 2.45) is 0 Å². The van der Waals surface area contributed by atoms with Crippen LogP contribution in [0.1, 0.15) is 20.3 Å². The molecule has 4 aromatic rings. The van der Waals surface area contributed by atoms with E-state index in [0.29, 0.717) is 5.25 Å². The first-order valence-electron chi connectivity index (χ1n) is 9.43. The lowest BCUT2D eigenvalue weighted by atomic mass is 10.1. The lowest BCUT2D eigenvalue weighted by Crippen LogP contribution is -1.97. The Kier molecular flexibility index (Phi) is 5.35. The zero-order chi connectivity index (χ0) is 19.5. The normalized spacial score (nSPS) is 12.2. The Morgan fingerprint density at radius 2 is 1.79 bits per heavy atom. The lowest BCUT2D eigenvalue weighted by molar-refractivity contribution is 0.415. The zero-order valence-electron chi connectivity index (χ0n) is 16.3. The maximum Gasteiger partial charge on any atom is 0.149 e. The highest BCUT2D eigenvalue weighted by Crippen LogP contribution is 2.38. The van der Waals surface area contributed by atoms with Crippen molar-refractivity contribution < 1.29 is 4.74 Å². The fraction of sp³-hybridized carbons (Fsp3) is 0.217. The Bertz CT molecular complexity index is 1070. The lowest BCUT2D eigenvalue weighted by Gasteiger charge is -2.10. The summed E-state index contributed by atoms with van der Waals surface area (Å²) in [6.07, 6.45) is 4.93. The fourth-order valence-electron chi connectivity index (χ4n) is 3.17. The first-order chi connectivity index (χ1) is 13.7. The molecule has 0 aliphatic rings. The summed E-state index contributed by atoms with van der Waals surface area (Å²) >= 11 is 1.81. The number of fused-ring (bicyclic) bond motifs is 1. The van der Waals surface area contributed by atoms with Crippen molar-refractivity contribution in [1.82, 2.24) is 14.5 Å². The molecule has 0 unspecified atom stereocenters. The van der Waals surface area contributed by atoms with Crippen molar-refractivity contribution in [3.63, 3.8) is 0 Å². The highest BCUT2D eigenvalue weighted by atomic mass is 32.2. The van der Waals surface area contributed by atoms with Crippen LogP contribution in [0.25, 0.3) is 27.8 Å². The SMILES string of the molecule is CC[C@@H](C)Sc1ncnc2c1c(-c1ccccc1)cn2-c1ccc(OC)cc1. The number of nitrogens with zero attached hydrogens (tertiary/aromatic N) is 3. The predicted molar refractivity (Wildman–Crippen MR) is 116 cm³/mol. The molecule has 2 aromatic heterocycles. The summed E-state index contributed by atoms with van der Waals surface area (Å²) in [5, 5.41) is 2.63. The molecule has 0 radical (unpaired) electrons. The number of benzene rings is 2. The van der Waals surface area contributed by atoms with Gasteiger partial charge in [0.1, 0.15) is 22.7 Å². The molecule has 142 valence electrons. The van der Waals surface area contributed by atoms with Crippen molar-refractivity contribution in [1.29, 1.82) is 0 Å². The summed E-state index contributed by atoms with van der Waals surface area (Å²) in [6.45, 7) is 4.44. The molecule has 4 nitrogen and oxygen atoms in total. The molecule has 0 N–H and O–H groups in total. The van der Waals surface area contributed by atoms with Crippen LogP contribution in [0, 0.1) is 0 Å². The van der Waals surface area contributed by atoms with E-state index in [1.54, 1.807) is 13.4 Å². The minimum atomic E-state index is 0.492. The molecule has 0 saturated carbocycles. The van der Waals surface area contributed by atoms with Crippen molar-refractivity contribution in [2.75, 3.05) is 7.11 Å². The average Bonchev–Trinajstić information content (AvgIpc) is 3.15. The second kappa shape index (κ2) is 8.07. The standard InChI is InChI=1S/C23H23N3OS/c1-4-16(2)28-23-21-20(17-8-6-5-7-9-17)14-26(22(21)24-15-25-23)18-10-12-19(27-3)13-11-18/h5-16H,4H2,1-3H3/t16-/m1/s1. The number of hydrogen-bond donors (Lipinski definition) is 0. The molecular weight excluding hydrogens is 366 g/mol. The molecule has 1 atom stereocenters. The van der Waals surface area contributed by atoms with E-state index >= 15 is 0 Å². The number of thioether (sulfide) groups is 1. The maximum atomic E-state index is 5.30. The van der Waals surface area contributed by atoms with Crippen LogP contribution in [-0.4, -0.2) is 26.9 Å². The van der Waals surface area contributed by atoms with Crippen LogP contribution in [0.3, 0.4) is 0 Å². The van der Waals surface area contributed by atoms with Crippen molar-refractivity contribution in [3.05, 3.63) is 67.1 Å². The Labute approximate surface area is 169 Å². The monoisotopic (exact) mass is 389 g/mol. The number of methoxy groups -OCH3 is 1. The molecular formula is C23H23N3OS. The van der Waals surface area contributed by atoms with Crippen molar-refractivity contribution in [2.45, 2.75) is 30.5 Å². The molecule has 2 heterocycles. The summed E-state index contributed by atoms with van der Waals surface area (Å²) in [4.78, 5) is 9.28. The van der Waals surface area contributed by atoms with E-state index in [-0.39, 0.29) is 0 Å². The van der Waals surface area contributed by atoms with Gasteiger partial charge in [0.05, 0.1) is 12.5 Å². The Balaban J connectivity index is 1.95. The van der Waals surface area contributed by atoms with E-state index in [0.717, 1.165) is 39.5 Å². The van der Waals surface area contributed by atoms with Crippen LogP contribution in [-0.2, 0) is 0 Å². The van der Waals surface area contributed by atoms with Gasteiger partial charge in [-0.05, 0) is 36.2 Å². The molecule has 5 heteroatoms. The molecule has 0 fully saturated rings. The van der Waals surface area contributed by atoms with Gasteiger partial charge in [-0.1, -0.05) is 44.2 Å². The van der Waals surface area contributed by atoms with Gasteiger partial charge in [0, 0.05) is 22.7 Å². The highest BCUT2D eigenvalue weighted by molar-refractivity contribution is 8.00. The summed E-state index contributed by atoms with van der Waals surface area (Å²) in [5.41, 5.74) is 4.29. The number of hydrogen-bond acceptors (Lipinski definition) is 4. The Morgan fingerprint density at radius 3 is 2.46 bits per heavy atom. The van der Waals surface area contributed by atoms with Crippen LogP contribution >= 0.6 is 11.8 Å². The number of rotatable bonds is 6. The van der Waals surface area contributed by atoms with Gasteiger partial charge in [-0.25, -0.2) is 9.97 Å². The van der Waals surface area contributed by atoms with Gasteiger partial charge >= 0.3 is 0 Å². The fourth-order valence-corrected chi connectivity index (χ4v) is 4.15. The Morgan fingerprint density at radius 1 is 1.04 bits per heavy atom. The van der Waals surface area contributed by atoms with Crippen LogP contribution in [0.15, 0.2) is 72.1 Å². The topological polar surface area (TPSA) is 39.9 Å². The number of ether oxygens (including phenoxy) is 1. The smallest absolute Gasteiger partial charge is 0.149 e. The minimum Gasteiger partial charge on any atom is -0.497 e. The molecule has 0 aliphatic carbocycles. The van der Waals surface area contributed by atoms with Crippen molar-refractivity contribution >= 4 is 22.8 Å². The van der Waals surface area contributed by atoms with E-state index in [1.807, 2.05) is 30.0 Å². The van der Waals surface area contributed by atoms with Gasteiger partial charge in [0.15, 0.2) is 0 Å². The summed E-state index contributed by atoms with van der Waals surface area (Å²) in [7, 11) is 1.68. The molecule has 0 bridgehead atoms. The highest BCUT2D eigenvalue weighted by Gasteiger charge is 2.18. The van der Waals surface area contributed by atoms with E-state index in [1.165, 1.54) is 5.56 Å². The molecule has 0 spiro atoms. The van der Waals surface area contributed by atoms with Gasteiger partial charge < -0.3 is 9.30 Å². The summed E-state index contributed by atoms with van der Waals surface area (Å²) in [6, 6.07) is 18.5. The van der Waals surface area contributed by atoms with Gasteiger partial charge in [-0.3, -0.25) is 0 Å². The molecule has 28 heavy (non-hydrogen) atoms. The largest absolute Gasteiger partial charge is 0.497 e. The second-order valence-corrected chi connectivity index (χ2v) is 8.12. The van der Waals surface area contributed by atoms with Crippen LogP contribution in [0.4, 0.5) is 0 Å².